The van der Waals surface area contributed by atoms with Gasteiger partial charge in [0.15, 0.2) is 6.10 Å². The number of carbonyl (C=O) groups excluding carboxylic acids is 3. The van der Waals surface area contributed by atoms with Crippen LogP contribution in [0, 0.1) is 0 Å². The van der Waals surface area contributed by atoms with E-state index in [1.807, 2.05) is 42.5 Å². The van der Waals surface area contributed by atoms with E-state index >= 15 is 0 Å². The van der Waals surface area contributed by atoms with Crippen LogP contribution in [0.4, 0.5) is 10.5 Å². The Balaban J connectivity index is 1.59. The topological polar surface area (TPSA) is 85.4 Å². The Kier molecular flexibility index (Phi) is 9.37. The number of amides is 2. The summed E-state index contributed by atoms with van der Waals surface area (Å²) in [7, 11) is 3.18. The molecule has 0 aromatic heterocycles. The van der Waals surface area contributed by atoms with Gasteiger partial charge in [-0.25, -0.2) is 4.79 Å². The third-order valence-electron chi connectivity index (χ3n) is 6.18. The molecule has 204 valence electrons. The summed E-state index contributed by atoms with van der Waals surface area (Å²) >= 11 is 7.98. The molecule has 10 heteroatoms. The van der Waals surface area contributed by atoms with Crippen molar-refractivity contribution in [3.05, 3.63) is 88.9 Å². The average molecular weight is 569 g/mol. The minimum atomic E-state index is -1.13. The van der Waals surface area contributed by atoms with Crippen molar-refractivity contribution >= 4 is 47.0 Å². The van der Waals surface area contributed by atoms with Crippen molar-refractivity contribution < 1.29 is 28.6 Å². The van der Waals surface area contributed by atoms with Gasteiger partial charge in [0.05, 0.1) is 28.0 Å². The molecule has 1 heterocycles. The summed E-state index contributed by atoms with van der Waals surface area (Å²) < 4.78 is 16.3. The van der Waals surface area contributed by atoms with Crippen LogP contribution in [0.25, 0.3) is 0 Å². The highest BCUT2D eigenvalue weighted by molar-refractivity contribution is 8.00. The second kappa shape index (κ2) is 12.9. The first-order valence-electron chi connectivity index (χ1n) is 12.3. The van der Waals surface area contributed by atoms with Gasteiger partial charge in [0.2, 0.25) is 0 Å². The van der Waals surface area contributed by atoms with Gasteiger partial charge in [0, 0.05) is 27.1 Å². The van der Waals surface area contributed by atoms with Crippen LogP contribution in [0.3, 0.4) is 0 Å². The second-order valence-corrected chi connectivity index (χ2v) is 10.4. The number of anilines is 1. The summed E-state index contributed by atoms with van der Waals surface area (Å²) in [6.07, 6.45) is -1.64. The van der Waals surface area contributed by atoms with Crippen LogP contribution in [0.2, 0.25) is 5.02 Å². The zero-order chi connectivity index (χ0) is 27.9. The van der Waals surface area contributed by atoms with Gasteiger partial charge in [-0.1, -0.05) is 60.1 Å². The number of rotatable bonds is 8. The minimum Gasteiger partial charge on any atom is -0.497 e. The molecule has 0 spiro atoms. The third-order valence-corrected chi connectivity index (χ3v) is 8.04. The Morgan fingerprint density at radius 1 is 1.03 bits per heavy atom. The van der Waals surface area contributed by atoms with Crippen molar-refractivity contribution in [3.8, 4) is 5.75 Å². The third kappa shape index (κ3) is 6.85. The Morgan fingerprint density at radius 3 is 2.41 bits per heavy atom. The normalized spacial score (nSPS) is 16.6. The fraction of sp³-hybridized carbons (Fsp3) is 0.276. The Labute approximate surface area is 236 Å². The summed E-state index contributed by atoms with van der Waals surface area (Å²) in [6.45, 7) is 1.72. The molecule has 39 heavy (non-hydrogen) atoms. The predicted molar refractivity (Wildman–Crippen MR) is 150 cm³/mol. The molecule has 2 amide bonds. The first-order valence-corrected chi connectivity index (χ1v) is 13.5. The number of fused-ring (bicyclic) bond motifs is 1. The van der Waals surface area contributed by atoms with Crippen LogP contribution >= 0.6 is 23.4 Å². The second-order valence-electron chi connectivity index (χ2n) is 8.88. The number of hydrogen-bond acceptors (Lipinski definition) is 7. The van der Waals surface area contributed by atoms with Crippen LogP contribution < -0.4 is 9.64 Å². The summed E-state index contributed by atoms with van der Waals surface area (Å²) in [4.78, 5) is 42.3. The highest BCUT2D eigenvalue weighted by Gasteiger charge is 2.41. The van der Waals surface area contributed by atoms with E-state index in [0.717, 1.165) is 11.1 Å². The van der Waals surface area contributed by atoms with E-state index < -0.39 is 29.3 Å². The summed E-state index contributed by atoms with van der Waals surface area (Å²) in [5.41, 5.74) is 2.22. The van der Waals surface area contributed by atoms with Gasteiger partial charge < -0.3 is 24.0 Å². The van der Waals surface area contributed by atoms with Crippen LogP contribution in [0.1, 0.15) is 23.3 Å². The van der Waals surface area contributed by atoms with Gasteiger partial charge in [-0.3, -0.25) is 9.59 Å². The molecule has 3 aromatic rings. The molecule has 0 aliphatic carbocycles. The van der Waals surface area contributed by atoms with Gasteiger partial charge in [-0.05, 0) is 35.4 Å². The summed E-state index contributed by atoms with van der Waals surface area (Å²) in [6, 6.07) is 21.9. The molecular formula is C29H29ClN2O6S. The smallest absolute Gasteiger partial charge is 0.409 e. The van der Waals surface area contributed by atoms with Crippen molar-refractivity contribution in [2.45, 2.75) is 29.8 Å². The molecule has 2 atom stereocenters. The highest BCUT2D eigenvalue weighted by atomic mass is 35.5. The number of likely N-dealkylation sites (N-methyl/N-ethyl adjacent to an activating group) is 1. The van der Waals surface area contributed by atoms with E-state index in [1.165, 1.54) is 28.5 Å². The Bertz CT molecular complexity index is 1320. The van der Waals surface area contributed by atoms with E-state index in [2.05, 4.69) is 0 Å². The summed E-state index contributed by atoms with van der Waals surface area (Å²) in [5, 5.41) is -0.0996. The Hall–Kier alpha value is -3.69. The number of ether oxygens (including phenoxy) is 3. The molecule has 2 unspecified atom stereocenters. The molecule has 0 saturated heterocycles. The molecule has 0 radical (unpaired) electrons. The van der Waals surface area contributed by atoms with Crippen molar-refractivity contribution in [3.63, 3.8) is 0 Å². The molecule has 8 nitrogen and oxygen atoms in total. The maximum Gasteiger partial charge on any atom is 0.409 e. The highest BCUT2D eigenvalue weighted by Crippen LogP contribution is 2.49. The number of methoxy groups -OCH3 is 1. The lowest BCUT2D eigenvalue weighted by Crippen LogP contribution is -2.46. The van der Waals surface area contributed by atoms with Crippen LogP contribution in [0.15, 0.2) is 77.7 Å². The molecule has 0 N–H and O–H groups in total. The number of carbonyl (C=O) groups is 3. The van der Waals surface area contributed by atoms with E-state index in [4.69, 9.17) is 25.8 Å². The van der Waals surface area contributed by atoms with Gasteiger partial charge in [-0.2, -0.15) is 0 Å². The SMILES string of the molecule is COc1ccc(C2Sc3c(Cl)cccc3N(CCN(C)C(=O)OCc3ccccc3)C(=O)C2OC(C)=O)cc1. The average Bonchev–Trinajstić information content (AvgIpc) is 3.05. The number of nitrogens with zero attached hydrogens (tertiary/aromatic N) is 2. The molecule has 3 aromatic carbocycles. The molecule has 4 rings (SSSR count). The van der Waals surface area contributed by atoms with Gasteiger partial charge >= 0.3 is 12.1 Å². The number of benzene rings is 3. The van der Waals surface area contributed by atoms with Crippen molar-refractivity contribution in [1.82, 2.24) is 4.90 Å². The maximum absolute atomic E-state index is 14.0. The van der Waals surface area contributed by atoms with E-state index in [-0.39, 0.29) is 19.7 Å². The maximum atomic E-state index is 14.0. The van der Waals surface area contributed by atoms with E-state index in [0.29, 0.717) is 21.4 Å². The van der Waals surface area contributed by atoms with Gasteiger partial charge in [0.1, 0.15) is 12.4 Å². The lowest BCUT2D eigenvalue weighted by Gasteiger charge is -2.29. The Morgan fingerprint density at radius 2 is 1.74 bits per heavy atom. The monoisotopic (exact) mass is 568 g/mol. The fourth-order valence-electron chi connectivity index (χ4n) is 4.15. The summed E-state index contributed by atoms with van der Waals surface area (Å²) in [5.74, 6) is -0.327. The first kappa shape index (κ1) is 28.3. The number of thioether (sulfide) groups is 1. The molecule has 0 saturated carbocycles. The van der Waals surface area contributed by atoms with E-state index in [9.17, 15) is 14.4 Å². The molecular weight excluding hydrogens is 540 g/mol. The number of hydrogen-bond donors (Lipinski definition) is 0. The largest absolute Gasteiger partial charge is 0.497 e. The molecule has 0 fully saturated rings. The van der Waals surface area contributed by atoms with Crippen molar-refractivity contribution in [1.29, 1.82) is 0 Å². The molecule has 0 bridgehead atoms. The quantitative estimate of drug-likeness (QED) is 0.321. The lowest BCUT2D eigenvalue weighted by molar-refractivity contribution is -0.152. The van der Waals surface area contributed by atoms with Crippen molar-refractivity contribution in [2.24, 2.45) is 0 Å². The van der Waals surface area contributed by atoms with E-state index in [1.54, 1.807) is 44.5 Å². The molecule has 1 aliphatic rings. The van der Waals surface area contributed by atoms with Crippen LogP contribution in [-0.4, -0.2) is 56.2 Å². The molecule has 1 aliphatic heterocycles. The number of halogens is 1. The zero-order valence-corrected chi connectivity index (χ0v) is 23.4. The minimum absolute atomic E-state index is 0.136. The van der Waals surface area contributed by atoms with Crippen LogP contribution in [-0.2, 0) is 25.7 Å². The number of esters is 1. The predicted octanol–water partition coefficient (Wildman–Crippen LogP) is 5.73. The lowest BCUT2D eigenvalue weighted by atomic mass is 10.1. The van der Waals surface area contributed by atoms with Crippen molar-refractivity contribution in [2.75, 3.05) is 32.1 Å². The standard InChI is InChI=1S/C29H29ClN2O6S/c1-19(33)38-25-26(21-12-14-22(36-3)15-13-21)39-27-23(30)10-7-11-24(27)32(28(25)34)17-16-31(2)29(35)37-18-20-8-5-4-6-9-20/h4-15,25-26H,16-18H2,1-3H3. The zero-order valence-electron chi connectivity index (χ0n) is 21.8. The first-order chi connectivity index (χ1) is 18.8. The van der Waals surface area contributed by atoms with Gasteiger partial charge in [-0.15, -0.1) is 11.8 Å². The fourth-order valence-corrected chi connectivity index (χ4v) is 5.77. The van der Waals surface area contributed by atoms with Crippen LogP contribution in [0.5, 0.6) is 5.75 Å². The van der Waals surface area contributed by atoms with Gasteiger partial charge in [0.25, 0.3) is 5.91 Å².